The lowest BCUT2D eigenvalue weighted by molar-refractivity contribution is -0.135. The van der Waals surface area contributed by atoms with Crippen LogP contribution >= 0.6 is 0 Å². The molecule has 0 heterocycles. The second-order valence-corrected chi connectivity index (χ2v) is 7.75. The zero-order valence-corrected chi connectivity index (χ0v) is 14.2. The zero-order valence-electron chi connectivity index (χ0n) is 14.2. The minimum Gasteiger partial charge on any atom is -0.411 e. The first kappa shape index (κ1) is 16.0. The Balaban J connectivity index is 1.72. The van der Waals surface area contributed by atoms with Gasteiger partial charge in [-0.3, -0.25) is 4.79 Å². The molecule has 1 amide bonds. The maximum atomic E-state index is 13.0. The first-order valence-corrected chi connectivity index (χ1v) is 8.41. The van der Waals surface area contributed by atoms with Gasteiger partial charge in [-0.25, -0.2) is 0 Å². The highest BCUT2D eigenvalue weighted by Crippen LogP contribution is 2.70. The van der Waals surface area contributed by atoms with E-state index in [0.29, 0.717) is 13.0 Å². The van der Waals surface area contributed by atoms with Gasteiger partial charge in [0.05, 0.1) is 11.1 Å². The number of amides is 1. The van der Waals surface area contributed by atoms with E-state index in [2.05, 4.69) is 43.4 Å². The average Bonchev–Trinajstić information content (AvgIpc) is 2.85. The van der Waals surface area contributed by atoms with E-state index in [4.69, 9.17) is 0 Å². The Morgan fingerprint density at radius 1 is 1.22 bits per heavy atom. The van der Waals surface area contributed by atoms with Crippen molar-refractivity contribution in [1.82, 2.24) is 5.32 Å². The molecule has 3 rings (SSSR count). The predicted molar refractivity (Wildman–Crippen MR) is 90.5 cm³/mol. The van der Waals surface area contributed by atoms with Crippen molar-refractivity contribution in [3.05, 3.63) is 35.9 Å². The van der Waals surface area contributed by atoms with Crippen molar-refractivity contribution >= 4 is 11.6 Å². The Labute approximate surface area is 138 Å². The van der Waals surface area contributed by atoms with Crippen LogP contribution in [0.25, 0.3) is 0 Å². The number of nitrogens with one attached hydrogen (secondary N) is 1. The van der Waals surface area contributed by atoms with E-state index in [1.807, 2.05) is 18.2 Å². The van der Waals surface area contributed by atoms with Crippen molar-refractivity contribution in [3.8, 4) is 0 Å². The summed E-state index contributed by atoms with van der Waals surface area (Å²) >= 11 is 0. The summed E-state index contributed by atoms with van der Waals surface area (Å²) in [6.07, 6.45) is 3.18. The predicted octanol–water partition coefficient (Wildman–Crippen LogP) is 3.39. The highest BCUT2D eigenvalue weighted by Gasteiger charge is 2.71. The molecule has 0 aromatic heterocycles. The van der Waals surface area contributed by atoms with Crippen molar-refractivity contribution in [2.45, 2.75) is 46.5 Å². The van der Waals surface area contributed by atoms with Gasteiger partial charge in [-0.15, -0.1) is 0 Å². The zero-order chi connectivity index (χ0) is 16.7. The average molecular weight is 314 g/mol. The van der Waals surface area contributed by atoms with E-state index >= 15 is 0 Å². The molecule has 23 heavy (non-hydrogen) atoms. The number of rotatable bonds is 4. The normalized spacial score (nSPS) is 33.1. The second kappa shape index (κ2) is 5.36. The van der Waals surface area contributed by atoms with Crippen molar-refractivity contribution in [1.29, 1.82) is 0 Å². The highest BCUT2D eigenvalue weighted by atomic mass is 16.4. The minimum atomic E-state index is -0.444. The van der Waals surface area contributed by atoms with Crippen LogP contribution in [0.4, 0.5) is 0 Å². The summed E-state index contributed by atoms with van der Waals surface area (Å²) in [5.41, 5.74) is 1.19. The molecule has 2 fully saturated rings. The van der Waals surface area contributed by atoms with Crippen LogP contribution in [0.1, 0.15) is 45.6 Å². The number of carbonyl (C=O) groups is 1. The molecule has 0 spiro atoms. The lowest BCUT2D eigenvalue weighted by Gasteiger charge is -2.39. The number of hydrogen-bond donors (Lipinski definition) is 2. The molecule has 124 valence electrons. The third-order valence-corrected chi connectivity index (χ3v) is 6.83. The second-order valence-electron chi connectivity index (χ2n) is 7.75. The molecule has 0 saturated heterocycles. The van der Waals surface area contributed by atoms with E-state index in [1.54, 1.807) is 0 Å². The fourth-order valence-electron chi connectivity index (χ4n) is 4.67. The number of oxime groups is 1. The van der Waals surface area contributed by atoms with Gasteiger partial charge in [-0.05, 0) is 30.2 Å². The molecule has 2 atom stereocenters. The van der Waals surface area contributed by atoms with Crippen molar-refractivity contribution in [2.24, 2.45) is 21.4 Å². The van der Waals surface area contributed by atoms with E-state index in [0.717, 1.165) is 25.0 Å². The Bertz CT molecular complexity index is 638. The van der Waals surface area contributed by atoms with E-state index in [1.165, 1.54) is 5.56 Å². The molecule has 4 heteroatoms. The fraction of sp³-hybridized carbons (Fsp3) is 0.579. The quantitative estimate of drug-likeness (QED) is 0.661. The van der Waals surface area contributed by atoms with Crippen LogP contribution in [0, 0.1) is 16.2 Å². The summed E-state index contributed by atoms with van der Waals surface area (Å²) in [6, 6.07) is 10.2. The molecule has 1 aromatic rings. The van der Waals surface area contributed by atoms with E-state index in [9.17, 15) is 10.0 Å². The maximum Gasteiger partial charge on any atom is 0.227 e. The van der Waals surface area contributed by atoms with Crippen molar-refractivity contribution in [3.63, 3.8) is 0 Å². The van der Waals surface area contributed by atoms with Gasteiger partial charge < -0.3 is 10.5 Å². The van der Waals surface area contributed by atoms with Crippen LogP contribution in [-0.4, -0.2) is 23.4 Å². The number of carbonyl (C=O) groups excluding carboxylic acids is 1. The fourth-order valence-corrected chi connectivity index (χ4v) is 4.67. The number of hydrogen-bond acceptors (Lipinski definition) is 3. The lowest BCUT2D eigenvalue weighted by Crippen LogP contribution is -2.47. The first-order valence-electron chi connectivity index (χ1n) is 8.41. The summed E-state index contributed by atoms with van der Waals surface area (Å²) in [5, 5.41) is 16.0. The summed E-state index contributed by atoms with van der Waals surface area (Å²) < 4.78 is 0. The number of fused-ring (bicyclic) bond motifs is 2. The Hall–Kier alpha value is -1.84. The number of benzene rings is 1. The molecule has 0 radical (unpaired) electrons. The lowest BCUT2D eigenvalue weighted by atomic mass is 9.64. The highest BCUT2D eigenvalue weighted by molar-refractivity contribution is 6.02. The monoisotopic (exact) mass is 314 g/mol. The maximum absolute atomic E-state index is 13.0. The van der Waals surface area contributed by atoms with Gasteiger partial charge >= 0.3 is 0 Å². The SMILES string of the molecule is CC1(C)[C@@]2(C(=O)NCCc3ccccc3)CC[C@]1(C)/C(=N\O)C2. The summed E-state index contributed by atoms with van der Waals surface area (Å²) in [6.45, 7) is 7.07. The van der Waals surface area contributed by atoms with Gasteiger partial charge in [0.2, 0.25) is 5.91 Å². The Morgan fingerprint density at radius 3 is 2.52 bits per heavy atom. The summed E-state index contributed by atoms with van der Waals surface area (Å²) in [5.74, 6) is 0.112. The topological polar surface area (TPSA) is 61.7 Å². The standard InChI is InChI=1S/C19H26N2O2/c1-17(2)18(3)10-11-19(17,13-15(18)21-23)16(22)20-12-9-14-7-5-4-6-8-14/h4-8,23H,9-13H2,1-3H3,(H,20,22)/b21-15-/t18-,19+/m1/s1. The van der Waals surface area contributed by atoms with Gasteiger partial charge in [0.1, 0.15) is 0 Å². The van der Waals surface area contributed by atoms with Crippen LogP contribution in [0.2, 0.25) is 0 Å². The molecule has 0 aliphatic heterocycles. The smallest absolute Gasteiger partial charge is 0.227 e. The molecule has 2 N–H and O–H groups in total. The van der Waals surface area contributed by atoms with Crippen LogP contribution < -0.4 is 5.32 Å². The molecular formula is C19H26N2O2. The molecule has 0 unspecified atom stereocenters. The van der Waals surface area contributed by atoms with Crippen molar-refractivity contribution in [2.75, 3.05) is 6.54 Å². The van der Waals surface area contributed by atoms with Gasteiger partial charge in [-0.1, -0.05) is 56.3 Å². The summed E-state index contributed by atoms with van der Waals surface area (Å²) in [4.78, 5) is 13.0. The molecule has 1 aromatic carbocycles. The first-order chi connectivity index (χ1) is 10.9. The molecule has 2 aliphatic rings. The van der Waals surface area contributed by atoms with Gasteiger partial charge in [-0.2, -0.15) is 0 Å². The Morgan fingerprint density at radius 2 is 1.91 bits per heavy atom. The van der Waals surface area contributed by atoms with E-state index in [-0.39, 0.29) is 16.7 Å². The largest absolute Gasteiger partial charge is 0.411 e. The molecule has 2 aliphatic carbocycles. The molecule has 2 saturated carbocycles. The van der Waals surface area contributed by atoms with Crippen LogP contribution in [-0.2, 0) is 11.2 Å². The Kier molecular flexibility index (Phi) is 3.74. The molecular weight excluding hydrogens is 288 g/mol. The number of nitrogens with zero attached hydrogens (tertiary/aromatic N) is 1. The summed E-state index contributed by atoms with van der Waals surface area (Å²) in [7, 11) is 0. The van der Waals surface area contributed by atoms with E-state index < -0.39 is 5.41 Å². The third-order valence-electron chi connectivity index (χ3n) is 6.83. The van der Waals surface area contributed by atoms with Gasteiger partial charge in [0.25, 0.3) is 0 Å². The van der Waals surface area contributed by atoms with Crippen LogP contribution in [0.3, 0.4) is 0 Å². The van der Waals surface area contributed by atoms with Crippen LogP contribution in [0.5, 0.6) is 0 Å². The van der Waals surface area contributed by atoms with Gasteiger partial charge in [0.15, 0.2) is 0 Å². The van der Waals surface area contributed by atoms with Gasteiger partial charge in [0, 0.05) is 18.4 Å². The van der Waals surface area contributed by atoms with Crippen molar-refractivity contribution < 1.29 is 10.0 Å². The minimum absolute atomic E-state index is 0.112. The molecule has 4 nitrogen and oxygen atoms in total. The molecule has 2 bridgehead atoms. The van der Waals surface area contributed by atoms with Crippen LogP contribution in [0.15, 0.2) is 35.5 Å². The third kappa shape index (κ3) is 2.11.